The lowest BCUT2D eigenvalue weighted by molar-refractivity contribution is 0.0110. The Labute approximate surface area is 213 Å². The Morgan fingerprint density at radius 1 is 0.800 bits per heavy atom. The summed E-state index contributed by atoms with van der Waals surface area (Å²) in [6.07, 6.45) is 10.8. The molecule has 0 bridgehead atoms. The van der Waals surface area contributed by atoms with Gasteiger partial charge in [0.05, 0.1) is 13.2 Å². The predicted molar refractivity (Wildman–Crippen MR) is 150 cm³/mol. The molecule has 2 aromatic carbocycles. The first-order valence-electron chi connectivity index (χ1n) is 13.4. The molecule has 35 heavy (non-hydrogen) atoms. The van der Waals surface area contributed by atoms with E-state index >= 15 is 0 Å². The van der Waals surface area contributed by atoms with Gasteiger partial charge in [0, 0.05) is 24.7 Å². The maximum atomic E-state index is 5.74. The Balaban J connectivity index is 1.69. The third kappa shape index (κ3) is 4.86. The Hall–Kier alpha value is -1.98. The van der Waals surface area contributed by atoms with Crippen molar-refractivity contribution < 1.29 is 4.74 Å². The first-order valence-corrected chi connectivity index (χ1v) is 15.5. The van der Waals surface area contributed by atoms with Gasteiger partial charge < -0.3 is 9.72 Å². The summed E-state index contributed by atoms with van der Waals surface area (Å²) in [6, 6.07) is 19.6. The van der Waals surface area contributed by atoms with Crippen LogP contribution in [0.4, 0.5) is 0 Å². The summed E-state index contributed by atoms with van der Waals surface area (Å²) in [7, 11) is -2.40. The van der Waals surface area contributed by atoms with E-state index in [9.17, 15) is 0 Å². The van der Waals surface area contributed by atoms with Crippen LogP contribution in [0.25, 0.3) is 0 Å². The van der Waals surface area contributed by atoms with Gasteiger partial charge in [0.1, 0.15) is 0 Å². The maximum absolute atomic E-state index is 5.74. The van der Waals surface area contributed by atoms with Crippen molar-refractivity contribution in [3.63, 3.8) is 0 Å². The van der Waals surface area contributed by atoms with Gasteiger partial charge in [0.2, 0.25) is 0 Å². The third-order valence-corrected chi connectivity index (χ3v) is 13.6. The van der Waals surface area contributed by atoms with Gasteiger partial charge >= 0.3 is 0 Å². The predicted octanol–water partition coefficient (Wildman–Crippen LogP) is 4.58. The molecule has 2 aliphatic carbocycles. The quantitative estimate of drug-likeness (QED) is 0.626. The summed E-state index contributed by atoms with van der Waals surface area (Å²) in [6.45, 7) is 15.3. The highest BCUT2D eigenvalue weighted by atomic mass is 28.3. The number of ether oxygens (including phenoxy) is 1. The van der Waals surface area contributed by atoms with Gasteiger partial charge in [-0.3, -0.25) is 4.90 Å². The van der Waals surface area contributed by atoms with Crippen molar-refractivity contribution in [1.82, 2.24) is 9.88 Å². The number of nitrogens with one attached hydrogen (secondary N) is 1. The smallest absolute Gasteiger partial charge is 0.194 e. The lowest BCUT2D eigenvalue weighted by Gasteiger charge is -2.46. The summed E-state index contributed by atoms with van der Waals surface area (Å²) >= 11 is 0. The van der Waals surface area contributed by atoms with E-state index in [0.717, 1.165) is 26.3 Å². The van der Waals surface area contributed by atoms with Crippen LogP contribution in [0, 0.1) is 25.7 Å². The van der Waals surface area contributed by atoms with Crippen LogP contribution in [-0.2, 0) is 4.74 Å². The van der Waals surface area contributed by atoms with Crippen LogP contribution in [-0.4, -0.2) is 51.0 Å². The summed E-state index contributed by atoms with van der Waals surface area (Å²) in [5, 5.41) is 3.02. The van der Waals surface area contributed by atoms with E-state index < -0.39 is 8.24 Å². The molecule has 0 aromatic heterocycles. The number of hydrogen-bond acceptors (Lipinski definition) is 3. The molecular weight excluding hydrogens is 444 g/mol. The van der Waals surface area contributed by atoms with Gasteiger partial charge in [-0.15, -0.1) is 0 Å². The highest BCUT2D eigenvalue weighted by Crippen LogP contribution is 2.50. The highest BCUT2D eigenvalue weighted by Gasteiger charge is 2.56. The molecule has 4 atom stereocenters. The third-order valence-electron chi connectivity index (χ3n) is 8.28. The molecule has 1 saturated heterocycles. The Bertz CT molecular complexity index is 1020. The van der Waals surface area contributed by atoms with Crippen LogP contribution in [0.5, 0.6) is 0 Å². The number of benzene rings is 2. The number of nitrogens with zero attached hydrogens (tertiary/aromatic N) is 1. The molecule has 186 valence electrons. The second-order valence-electron chi connectivity index (χ2n) is 11.9. The van der Waals surface area contributed by atoms with Crippen LogP contribution in [0.15, 0.2) is 72.8 Å². The van der Waals surface area contributed by atoms with Gasteiger partial charge in [-0.2, -0.15) is 0 Å². The first-order chi connectivity index (χ1) is 16.8. The minimum Gasteiger partial charge on any atom is -0.379 e. The zero-order valence-electron chi connectivity index (χ0n) is 22.1. The van der Waals surface area contributed by atoms with Crippen molar-refractivity contribution in [3.05, 3.63) is 84.0 Å². The summed E-state index contributed by atoms with van der Waals surface area (Å²) in [4.78, 5) is 7.10. The normalized spacial score (nSPS) is 27.2. The average Bonchev–Trinajstić information content (AvgIpc) is 3.24. The number of fused-ring (bicyclic) bond motifs is 1. The monoisotopic (exact) mass is 486 g/mol. The molecule has 0 amide bonds. The van der Waals surface area contributed by atoms with E-state index in [0.29, 0.717) is 23.4 Å². The molecular formula is C31H42N2OSi. The Kier molecular flexibility index (Phi) is 6.93. The zero-order valence-corrected chi connectivity index (χ0v) is 23.1. The summed E-state index contributed by atoms with van der Waals surface area (Å²) in [5.41, 5.74) is 3.22. The van der Waals surface area contributed by atoms with Crippen LogP contribution >= 0.6 is 0 Å². The lowest BCUT2D eigenvalue weighted by atomic mass is 9.89. The van der Waals surface area contributed by atoms with E-state index in [1.54, 1.807) is 0 Å². The fraction of sp³-hybridized carbons (Fsp3) is 0.484. The van der Waals surface area contributed by atoms with E-state index in [4.69, 9.17) is 4.74 Å². The number of rotatable bonds is 5. The second-order valence-corrected chi connectivity index (χ2v) is 15.7. The molecule has 1 saturated carbocycles. The van der Waals surface area contributed by atoms with Crippen molar-refractivity contribution in [2.45, 2.75) is 58.2 Å². The van der Waals surface area contributed by atoms with Gasteiger partial charge in [-0.25, -0.2) is 0 Å². The highest BCUT2D eigenvalue weighted by molar-refractivity contribution is 7.01. The summed E-state index contributed by atoms with van der Waals surface area (Å²) in [5.74, 6) is 1.10. The molecule has 1 aliphatic heterocycles. The zero-order chi connectivity index (χ0) is 24.6. The first kappa shape index (κ1) is 24.7. The number of allylic oxidation sites excluding steroid dienone is 3. The van der Waals surface area contributed by atoms with Gasteiger partial charge in [0.15, 0.2) is 8.24 Å². The standard InChI is InChI=1S/C31H42N2OSi/c1-23-10-14-25(15-11-23)35(32-31(3,4)5,26-16-12-24(2)13-17-26)30-22-29(33-18-20-34-21-19-33)27-8-6-7-9-28(27)30/h6-17,27-30,32H,18-22H2,1-5H3. The van der Waals surface area contributed by atoms with Crippen LogP contribution in [0.3, 0.4) is 0 Å². The number of morpholine rings is 1. The van der Waals surface area contributed by atoms with Gasteiger partial charge in [-0.05, 0) is 68.8 Å². The van der Waals surface area contributed by atoms with E-state index in [-0.39, 0.29) is 5.54 Å². The molecule has 3 nitrogen and oxygen atoms in total. The fourth-order valence-electron chi connectivity index (χ4n) is 6.83. The Morgan fingerprint density at radius 2 is 1.31 bits per heavy atom. The molecule has 4 heteroatoms. The fourth-order valence-corrected chi connectivity index (χ4v) is 12.6. The number of aryl methyl sites for hydroxylation is 2. The summed E-state index contributed by atoms with van der Waals surface area (Å²) < 4.78 is 5.74. The average molecular weight is 487 g/mol. The van der Waals surface area contributed by atoms with Crippen LogP contribution in [0.2, 0.25) is 5.54 Å². The number of hydrogen-bond donors (Lipinski definition) is 1. The second kappa shape index (κ2) is 9.82. The maximum Gasteiger partial charge on any atom is 0.194 e. The molecule has 2 fully saturated rings. The van der Waals surface area contributed by atoms with Crippen molar-refractivity contribution >= 4 is 18.6 Å². The van der Waals surface area contributed by atoms with Crippen molar-refractivity contribution in [3.8, 4) is 0 Å². The van der Waals surface area contributed by atoms with Crippen molar-refractivity contribution in [2.24, 2.45) is 11.8 Å². The Morgan fingerprint density at radius 3 is 1.83 bits per heavy atom. The van der Waals surface area contributed by atoms with E-state index in [1.807, 2.05) is 0 Å². The molecule has 2 aromatic rings. The SMILES string of the molecule is Cc1ccc([Si](NC(C)(C)C)(c2ccc(C)cc2)C2CC(N3CCOCC3)C3C=CC=CC32)cc1. The molecule has 0 radical (unpaired) electrons. The van der Waals surface area contributed by atoms with Crippen LogP contribution in [0.1, 0.15) is 38.3 Å². The minimum atomic E-state index is -2.40. The largest absolute Gasteiger partial charge is 0.379 e. The van der Waals surface area contributed by atoms with Gasteiger partial charge in [0.25, 0.3) is 0 Å². The topological polar surface area (TPSA) is 24.5 Å². The van der Waals surface area contributed by atoms with Crippen molar-refractivity contribution in [2.75, 3.05) is 26.3 Å². The van der Waals surface area contributed by atoms with Gasteiger partial charge in [-0.1, -0.05) is 84.0 Å². The molecule has 3 aliphatic rings. The molecule has 1 heterocycles. The van der Waals surface area contributed by atoms with E-state index in [2.05, 4.69) is 117 Å². The van der Waals surface area contributed by atoms with Crippen molar-refractivity contribution in [1.29, 1.82) is 0 Å². The molecule has 4 unspecified atom stereocenters. The molecule has 0 spiro atoms. The molecule has 5 rings (SSSR count). The lowest BCUT2D eigenvalue weighted by Crippen LogP contribution is -2.75. The minimum absolute atomic E-state index is 0.00274. The van der Waals surface area contributed by atoms with Crippen LogP contribution < -0.4 is 15.4 Å². The molecule has 1 N–H and O–H groups in total. The van der Waals surface area contributed by atoms with E-state index in [1.165, 1.54) is 27.9 Å².